The summed E-state index contributed by atoms with van der Waals surface area (Å²) in [6, 6.07) is 15.7. The first-order chi connectivity index (χ1) is 14.1. The minimum atomic E-state index is -3.68. The molecule has 9 heteroatoms. The lowest BCUT2D eigenvalue weighted by atomic mass is 10.2. The van der Waals surface area contributed by atoms with Crippen LogP contribution in [0.3, 0.4) is 0 Å². The van der Waals surface area contributed by atoms with Crippen LogP contribution in [-0.4, -0.2) is 46.7 Å². The Kier molecular flexibility index (Phi) is 5.41. The van der Waals surface area contributed by atoms with Gasteiger partial charge in [0, 0.05) is 13.1 Å². The van der Waals surface area contributed by atoms with Crippen LogP contribution in [0.1, 0.15) is 29.8 Å². The topological polar surface area (TPSA) is 97.2 Å². The van der Waals surface area contributed by atoms with Gasteiger partial charge in [0.05, 0.1) is 17.6 Å². The van der Waals surface area contributed by atoms with Crippen LogP contribution in [0.4, 0.5) is 5.69 Å². The van der Waals surface area contributed by atoms with Crippen LogP contribution >= 0.6 is 0 Å². The number of amides is 1. The first-order valence-corrected chi connectivity index (χ1v) is 10.9. The molecule has 0 radical (unpaired) electrons. The number of piperidine rings is 1. The second-order valence-electron chi connectivity index (χ2n) is 6.80. The Morgan fingerprint density at radius 1 is 0.931 bits per heavy atom. The highest BCUT2D eigenvalue weighted by Gasteiger charge is 2.28. The lowest BCUT2D eigenvalue weighted by molar-refractivity contribution is 0.102. The average Bonchev–Trinajstić information content (AvgIpc) is 3.26. The van der Waals surface area contributed by atoms with Crippen molar-refractivity contribution in [3.05, 3.63) is 66.5 Å². The van der Waals surface area contributed by atoms with E-state index in [0.29, 0.717) is 13.1 Å². The summed E-state index contributed by atoms with van der Waals surface area (Å²) in [5.74, 6) is -0.520. The first-order valence-electron chi connectivity index (χ1n) is 9.44. The van der Waals surface area contributed by atoms with Gasteiger partial charge in [-0.1, -0.05) is 42.0 Å². The molecule has 1 aliphatic heterocycles. The van der Waals surface area contributed by atoms with Gasteiger partial charge in [0.1, 0.15) is 4.90 Å². The zero-order valence-corrected chi connectivity index (χ0v) is 16.5. The van der Waals surface area contributed by atoms with Crippen LogP contribution in [0.25, 0.3) is 5.69 Å². The van der Waals surface area contributed by atoms with Gasteiger partial charge in [-0.15, -0.1) is 5.10 Å². The molecule has 3 aromatic rings. The molecule has 1 N–H and O–H groups in total. The van der Waals surface area contributed by atoms with E-state index in [-0.39, 0.29) is 16.3 Å². The molecule has 2 heterocycles. The number of rotatable bonds is 5. The number of benzene rings is 2. The maximum absolute atomic E-state index is 13.1. The lowest BCUT2D eigenvalue weighted by Gasteiger charge is -2.26. The van der Waals surface area contributed by atoms with E-state index in [9.17, 15) is 13.2 Å². The van der Waals surface area contributed by atoms with E-state index in [1.165, 1.54) is 21.3 Å². The largest absolute Gasteiger partial charge is 0.319 e. The van der Waals surface area contributed by atoms with E-state index >= 15 is 0 Å². The summed E-state index contributed by atoms with van der Waals surface area (Å²) in [7, 11) is -3.68. The Labute approximate surface area is 169 Å². The van der Waals surface area contributed by atoms with Gasteiger partial charge in [0.25, 0.3) is 5.91 Å². The monoisotopic (exact) mass is 411 g/mol. The second kappa shape index (κ2) is 8.14. The van der Waals surface area contributed by atoms with Crippen molar-refractivity contribution in [2.24, 2.45) is 0 Å². The highest BCUT2D eigenvalue weighted by atomic mass is 32.2. The van der Waals surface area contributed by atoms with Gasteiger partial charge < -0.3 is 5.32 Å². The van der Waals surface area contributed by atoms with E-state index in [2.05, 4.69) is 15.6 Å². The molecule has 1 fully saturated rings. The van der Waals surface area contributed by atoms with Crippen molar-refractivity contribution in [3.8, 4) is 5.69 Å². The molecule has 2 aromatic carbocycles. The van der Waals surface area contributed by atoms with Crippen LogP contribution in [0.15, 0.2) is 65.7 Å². The van der Waals surface area contributed by atoms with Crippen LogP contribution in [-0.2, 0) is 10.0 Å². The van der Waals surface area contributed by atoms with Gasteiger partial charge >= 0.3 is 0 Å². The Balaban J connectivity index is 1.57. The maximum atomic E-state index is 13.1. The van der Waals surface area contributed by atoms with Crippen LogP contribution in [0.2, 0.25) is 0 Å². The van der Waals surface area contributed by atoms with Gasteiger partial charge in [-0.3, -0.25) is 4.79 Å². The van der Waals surface area contributed by atoms with Crippen molar-refractivity contribution in [2.75, 3.05) is 18.4 Å². The summed E-state index contributed by atoms with van der Waals surface area (Å²) in [6.07, 6.45) is 4.22. The molecule has 0 aliphatic carbocycles. The van der Waals surface area contributed by atoms with E-state index in [4.69, 9.17) is 0 Å². The predicted molar refractivity (Wildman–Crippen MR) is 108 cm³/mol. The number of carbonyl (C=O) groups is 1. The quantitative estimate of drug-likeness (QED) is 0.696. The minimum absolute atomic E-state index is 0.0886. The number of aromatic nitrogens is 3. The second-order valence-corrected chi connectivity index (χ2v) is 8.71. The Morgan fingerprint density at radius 2 is 1.62 bits per heavy atom. The zero-order valence-electron chi connectivity index (χ0n) is 15.7. The fourth-order valence-corrected chi connectivity index (χ4v) is 4.96. The number of anilines is 1. The number of sulfonamides is 1. The number of para-hydroxylation sites is 2. The third kappa shape index (κ3) is 4.06. The minimum Gasteiger partial charge on any atom is -0.319 e. The van der Waals surface area contributed by atoms with Crippen molar-refractivity contribution in [1.29, 1.82) is 0 Å². The molecule has 1 aromatic heterocycles. The molecule has 29 heavy (non-hydrogen) atoms. The fraction of sp³-hybridized carbons (Fsp3) is 0.250. The molecular weight excluding hydrogens is 390 g/mol. The van der Waals surface area contributed by atoms with Crippen LogP contribution < -0.4 is 5.32 Å². The maximum Gasteiger partial charge on any atom is 0.277 e. The first kappa shape index (κ1) is 19.3. The Hall–Kier alpha value is -3.04. The summed E-state index contributed by atoms with van der Waals surface area (Å²) >= 11 is 0. The highest BCUT2D eigenvalue weighted by molar-refractivity contribution is 7.89. The van der Waals surface area contributed by atoms with Crippen molar-refractivity contribution >= 4 is 21.6 Å². The summed E-state index contributed by atoms with van der Waals surface area (Å²) < 4.78 is 29.1. The van der Waals surface area contributed by atoms with Crippen molar-refractivity contribution in [1.82, 2.24) is 19.3 Å². The Bertz CT molecular complexity index is 1110. The number of nitrogens with one attached hydrogen (secondary N) is 1. The molecule has 0 saturated carbocycles. The molecule has 0 atom stereocenters. The number of hydrogen-bond donors (Lipinski definition) is 1. The average molecular weight is 411 g/mol. The molecule has 0 bridgehead atoms. The lowest BCUT2D eigenvalue weighted by Crippen LogP contribution is -2.36. The highest BCUT2D eigenvalue weighted by Crippen LogP contribution is 2.27. The van der Waals surface area contributed by atoms with Crippen LogP contribution in [0, 0.1) is 0 Å². The van der Waals surface area contributed by atoms with Crippen molar-refractivity contribution in [3.63, 3.8) is 0 Å². The molecule has 4 rings (SSSR count). The van der Waals surface area contributed by atoms with E-state index in [0.717, 1.165) is 24.9 Å². The summed E-state index contributed by atoms with van der Waals surface area (Å²) in [4.78, 5) is 12.8. The third-order valence-corrected chi connectivity index (χ3v) is 6.77. The summed E-state index contributed by atoms with van der Waals surface area (Å²) in [5.41, 5.74) is 1.10. The Morgan fingerprint density at radius 3 is 2.38 bits per heavy atom. The van der Waals surface area contributed by atoms with Crippen molar-refractivity contribution < 1.29 is 13.2 Å². The van der Waals surface area contributed by atoms with Crippen LogP contribution in [0.5, 0.6) is 0 Å². The van der Waals surface area contributed by atoms with E-state index < -0.39 is 15.9 Å². The zero-order chi connectivity index (χ0) is 20.3. The molecule has 0 spiro atoms. The van der Waals surface area contributed by atoms with Gasteiger partial charge in [-0.25, -0.2) is 13.1 Å². The molecule has 0 unspecified atom stereocenters. The summed E-state index contributed by atoms with van der Waals surface area (Å²) in [6.45, 7) is 0.992. The van der Waals surface area contributed by atoms with Gasteiger partial charge in [0.15, 0.2) is 5.69 Å². The number of carbonyl (C=O) groups excluding carboxylic acids is 1. The fourth-order valence-electron chi connectivity index (χ4n) is 3.30. The smallest absolute Gasteiger partial charge is 0.277 e. The number of nitrogens with zero attached hydrogens (tertiary/aromatic N) is 4. The standard InChI is InChI=1S/C20H21N5O3S/c26-20(18-15-25(23-22-18)16-9-3-1-4-10-16)21-17-11-5-6-12-19(17)29(27,28)24-13-7-2-8-14-24/h1,3-6,9-12,15H,2,7-8,13-14H2,(H,21,26). The SMILES string of the molecule is O=C(Nc1ccccc1S(=O)(=O)N1CCCCC1)c1cn(-c2ccccc2)nn1. The molecule has 150 valence electrons. The number of hydrogen-bond acceptors (Lipinski definition) is 5. The van der Waals surface area contributed by atoms with Gasteiger partial charge in [-0.05, 0) is 37.1 Å². The van der Waals surface area contributed by atoms with Gasteiger partial charge in [-0.2, -0.15) is 4.31 Å². The third-order valence-electron chi connectivity index (χ3n) is 4.81. The predicted octanol–water partition coefficient (Wildman–Crippen LogP) is 2.69. The molecule has 1 amide bonds. The summed E-state index contributed by atoms with van der Waals surface area (Å²) in [5, 5.41) is 10.6. The normalized spacial score (nSPS) is 15.2. The van der Waals surface area contributed by atoms with Gasteiger partial charge in [0.2, 0.25) is 10.0 Å². The van der Waals surface area contributed by atoms with E-state index in [1.807, 2.05) is 30.3 Å². The van der Waals surface area contributed by atoms with E-state index in [1.54, 1.807) is 18.2 Å². The molecule has 1 aliphatic rings. The molecule has 8 nitrogen and oxygen atoms in total. The van der Waals surface area contributed by atoms with Crippen molar-refractivity contribution in [2.45, 2.75) is 24.2 Å². The molecule has 1 saturated heterocycles. The molecular formula is C20H21N5O3S.